The number of hydrogen-bond acceptors (Lipinski definition) is 2. The van der Waals surface area contributed by atoms with E-state index in [0.717, 1.165) is 16.6 Å². The molecule has 2 aromatic rings. The van der Waals surface area contributed by atoms with Crippen molar-refractivity contribution in [3.05, 3.63) is 46.7 Å². The Bertz CT molecular complexity index is 617. The highest BCUT2D eigenvalue weighted by Gasteiger charge is 2.05. The summed E-state index contributed by atoms with van der Waals surface area (Å²) in [4.78, 5) is 0. The molecular weight excluding hydrogens is 350 g/mol. The number of rotatable bonds is 4. The van der Waals surface area contributed by atoms with Gasteiger partial charge in [-0.05, 0) is 40.3 Å². The van der Waals surface area contributed by atoms with Gasteiger partial charge in [-0.2, -0.15) is 5.10 Å². The van der Waals surface area contributed by atoms with Gasteiger partial charge in [0.2, 0.25) is 0 Å². The molecule has 0 spiro atoms. The van der Waals surface area contributed by atoms with Gasteiger partial charge in [-0.25, -0.2) is 8.78 Å². The van der Waals surface area contributed by atoms with E-state index in [1.54, 1.807) is 10.9 Å². The minimum absolute atomic E-state index is 0.130. The number of halogens is 3. The normalized spacial score (nSPS) is 10.3. The molecule has 0 radical (unpaired) electrons. The third kappa shape index (κ3) is 4.24. The zero-order valence-corrected chi connectivity index (χ0v) is 12.6. The van der Waals surface area contributed by atoms with Gasteiger partial charge in [0.1, 0.15) is 11.6 Å². The van der Waals surface area contributed by atoms with Crippen molar-refractivity contribution in [2.75, 3.05) is 11.9 Å². The van der Waals surface area contributed by atoms with E-state index in [4.69, 9.17) is 12.2 Å². The van der Waals surface area contributed by atoms with E-state index in [2.05, 4.69) is 31.7 Å². The van der Waals surface area contributed by atoms with Gasteiger partial charge in [-0.15, -0.1) is 0 Å². The smallest absolute Gasteiger partial charge is 0.170 e. The first-order chi connectivity index (χ1) is 9.54. The van der Waals surface area contributed by atoms with Crippen molar-refractivity contribution < 1.29 is 8.78 Å². The first-order valence-electron chi connectivity index (χ1n) is 5.72. The SMILES string of the molecule is Fc1ccc(NC(=S)NCCn2cc(Br)cn2)c(F)c1. The van der Waals surface area contributed by atoms with Crippen LogP contribution in [0.1, 0.15) is 0 Å². The second-order valence-corrected chi connectivity index (χ2v) is 5.25. The van der Waals surface area contributed by atoms with Crippen LogP contribution in [0.3, 0.4) is 0 Å². The molecule has 0 unspecified atom stereocenters. The quantitative estimate of drug-likeness (QED) is 0.822. The Kier molecular flexibility index (Phi) is 5.02. The molecule has 0 saturated carbocycles. The summed E-state index contributed by atoms with van der Waals surface area (Å²) in [5, 5.41) is 9.93. The van der Waals surface area contributed by atoms with Gasteiger partial charge in [0.25, 0.3) is 0 Å². The number of aromatic nitrogens is 2. The highest BCUT2D eigenvalue weighted by atomic mass is 79.9. The van der Waals surface area contributed by atoms with E-state index in [-0.39, 0.29) is 10.8 Å². The van der Waals surface area contributed by atoms with E-state index >= 15 is 0 Å². The van der Waals surface area contributed by atoms with Crippen LogP contribution in [0.4, 0.5) is 14.5 Å². The minimum Gasteiger partial charge on any atom is -0.361 e. The molecule has 0 aliphatic carbocycles. The monoisotopic (exact) mass is 360 g/mol. The van der Waals surface area contributed by atoms with Gasteiger partial charge < -0.3 is 10.6 Å². The summed E-state index contributed by atoms with van der Waals surface area (Å²) >= 11 is 8.32. The van der Waals surface area contributed by atoms with Gasteiger partial charge in [0, 0.05) is 18.8 Å². The van der Waals surface area contributed by atoms with Crippen LogP contribution in [0, 0.1) is 11.6 Å². The van der Waals surface area contributed by atoms with Gasteiger partial charge in [0.05, 0.1) is 22.9 Å². The molecule has 0 aliphatic rings. The number of benzene rings is 1. The van der Waals surface area contributed by atoms with Crippen molar-refractivity contribution in [2.45, 2.75) is 6.54 Å². The maximum atomic E-state index is 13.4. The average molecular weight is 361 g/mol. The number of nitrogens with one attached hydrogen (secondary N) is 2. The van der Waals surface area contributed by atoms with Gasteiger partial charge >= 0.3 is 0 Å². The topological polar surface area (TPSA) is 41.9 Å². The van der Waals surface area contributed by atoms with E-state index in [1.165, 1.54) is 6.07 Å². The maximum Gasteiger partial charge on any atom is 0.170 e. The Morgan fingerprint density at radius 2 is 2.20 bits per heavy atom. The standard InChI is InChI=1S/C12H11BrF2N4S/c13-8-6-17-19(7-8)4-3-16-12(20)18-11-2-1-9(14)5-10(11)15/h1-2,5-7H,3-4H2,(H2,16,18,20). The highest BCUT2D eigenvalue weighted by Crippen LogP contribution is 2.14. The molecule has 2 rings (SSSR count). The Morgan fingerprint density at radius 3 is 2.85 bits per heavy atom. The van der Waals surface area contributed by atoms with Crippen molar-refractivity contribution in [2.24, 2.45) is 0 Å². The molecule has 1 aromatic heterocycles. The largest absolute Gasteiger partial charge is 0.361 e. The van der Waals surface area contributed by atoms with Gasteiger partial charge in [-0.3, -0.25) is 4.68 Å². The van der Waals surface area contributed by atoms with Crippen LogP contribution in [0.25, 0.3) is 0 Å². The molecule has 0 aliphatic heterocycles. The fraction of sp³-hybridized carbons (Fsp3) is 0.167. The summed E-state index contributed by atoms with van der Waals surface area (Å²) in [6, 6.07) is 3.25. The molecule has 0 bridgehead atoms. The lowest BCUT2D eigenvalue weighted by Crippen LogP contribution is -2.31. The summed E-state index contributed by atoms with van der Waals surface area (Å²) in [6.07, 6.45) is 3.52. The Balaban J connectivity index is 1.80. The predicted molar refractivity (Wildman–Crippen MR) is 80.5 cm³/mol. The van der Waals surface area contributed by atoms with Crippen molar-refractivity contribution in [1.29, 1.82) is 0 Å². The summed E-state index contributed by atoms with van der Waals surface area (Å²) < 4.78 is 28.8. The van der Waals surface area contributed by atoms with E-state index in [9.17, 15) is 8.78 Å². The van der Waals surface area contributed by atoms with Crippen LogP contribution in [0.2, 0.25) is 0 Å². The molecule has 2 N–H and O–H groups in total. The van der Waals surface area contributed by atoms with Crippen molar-refractivity contribution in [3.8, 4) is 0 Å². The van der Waals surface area contributed by atoms with Crippen LogP contribution >= 0.6 is 28.1 Å². The van der Waals surface area contributed by atoms with Crippen LogP contribution in [0.15, 0.2) is 35.1 Å². The Hall–Kier alpha value is -1.54. The molecule has 0 atom stereocenters. The first kappa shape index (κ1) is 14.9. The summed E-state index contributed by atoms with van der Waals surface area (Å²) in [7, 11) is 0. The van der Waals surface area contributed by atoms with Gasteiger partial charge in [-0.1, -0.05) is 0 Å². The summed E-state index contributed by atoms with van der Waals surface area (Å²) in [6.45, 7) is 1.14. The molecule has 20 heavy (non-hydrogen) atoms. The average Bonchev–Trinajstić information content (AvgIpc) is 2.79. The number of nitrogens with zero attached hydrogens (tertiary/aromatic N) is 2. The second kappa shape index (κ2) is 6.76. The molecule has 0 fully saturated rings. The maximum absolute atomic E-state index is 13.4. The summed E-state index contributed by atoms with van der Waals surface area (Å²) in [5.74, 6) is -1.32. The molecule has 0 saturated heterocycles. The van der Waals surface area contributed by atoms with Crippen LogP contribution in [-0.2, 0) is 6.54 Å². The second-order valence-electron chi connectivity index (χ2n) is 3.93. The highest BCUT2D eigenvalue weighted by molar-refractivity contribution is 9.10. The van der Waals surface area contributed by atoms with Crippen molar-refractivity contribution in [1.82, 2.24) is 15.1 Å². The summed E-state index contributed by atoms with van der Waals surface area (Å²) in [5.41, 5.74) is 0.130. The van der Waals surface area contributed by atoms with E-state index in [0.29, 0.717) is 13.1 Å². The molecule has 1 aromatic carbocycles. The molecule has 106 valence electrons. The number of thiocarbonyl (C=S) groups is 1. The number of anilines is 1. The predicted octanol–water partition coefficient (Wildman–Crippen LogP) is 2.91. The van der Waals surface area contributed by atoms with Gasteiger partial charge in [0.15, 0.2) is 5.11 Å². The zero-order valence-electron chi connectivity index (χ0n) is 10.2. The number of hydrogen-bond donors (Lipinski definition) is 2. The fourth-order valence-electron chi connectivity index (χ4n) is 1.50. The van der Waals surface area contributed by atoms with Crippen LogP contribution < -0.4 is 10.6 Å². The Labute approximate surface area is 128 Å². The van der Waals surface area contributed by atoms with Crippen molar-refractivity contribution in [3.63, 3.8) is 0 Å². The van der Waals surface area contributed by atoms with E-state index < -0.39 is 11.6 Å². The van der Waals surface area contributed by atoms with Crippen molar-refractivity contribution >= 4 is 38.9 Å². The van der Waals surface area contributed by atoms with Crippen LogP contribution in [0.5, 0.6) is 0 Å². The molecule has 8 heteroatoms. The molecule has 4 nitrogen and oxygen atoms in total. The third-order valence-corrected chi connectivity index (χ3v) is 3.06. The lowest BCUT2D eigenvalue weighted by Gasteiger charge is -2.11. The first-order valence-corrected chi connectivity index (χ1v) is 6.92. The molecular formula is C12H11BrF2N4S. The lowest BCUT2D eigenvalue weighted by molar-refractivity contribution is 0.585. The Morgan fingerprint density at radius 1 is 1.40 bits per heavy atom. The lowest BCUT2D eigenvalue weighted by atomic mass is 10.3. The zero-order chi connectivity index (χ0) is 14.5. The van der Waals surface area contributed by atoms with E-state index in [1.807, 2.05) is 6.20 Å². The minimum atomic E-state index is -0.690. The molecule has 1 heterocycles. The fourth-order valence-corrected chi connectivity index (χ4v) is 2.04. The third-order valence-electron chi connectivity index (χ3n) is 2.41. The van der Waals surface area contributed by atoms with Crippen LogP contribution in [-0.4, -0.2) is 21.4 Å². The molecule has 0 amide bonds.